The molecule has 0 aliphatic heterocycles. The third kappa shape index (κ3) is 5.63. The van der Waals surface area contributed by atoms with Gasteiger partial charge in [0.05, 0.1) is 37.5 Å². The molecule has 0 bridgehead atoms. The third-order valence-corrected chi connectivity index (χ3v) is 3.57. The standard InChI is InChI=1S/C20H19N5O2/c21-9-4-12-25-19(16-27-14-6-11-23)18(15-26-13-5-10-22)24-20(25)17-7-2-1-3-8-17/h1-3,7-8,15-16H,4-6,12-14H2. The van der Waals surface area contributed by atoms with E-state index in [1.54, 1.807) is 0 Å². The van der Waals surface area contributed by atoms with E-state index in [0.717, 1.165) is 5.56 Å². The summed E-state index contributed by atoms with van der Waals surface area (Å²) in [5.41, 5.74) is 0.902. The molecule has 27 heavy (non-hydrogen) atoms. The van der Waals surface area contributed by atoms with Crippen LogP contribution in [0.2, 0.25) is 0 Å². The fraction of sp³-hybridized carbons (Fsp3) is 0.300. The number of hydrogen-bond donors (Lipinski definition) is 0. The van der Waals surface area contributed by atoms with Crippen LogP contribution in [0.15, 0.2) is 30.3 Å². The van der Waals surface area contributed by atoms with Crippen LogP contribution in [0.5, 0.6) is 0 Å². The van der Waals surface area contributed by atoms with Gasteiger partial charge in [-0.25, -0.2) is 4.98 Å². The van der Waals surface area contributed by atoms with Crippen molar-refractivity contribution in [2.24, 2.45) is 0 Å². The van der Waals surface area contributed by atoms with Gasteiger partial charge < -0.3 is 14.0 Å². The molecule has 7 heteroatoms. The molecule has 0 fully saturated rings. The second-order valence-electron chi connectivity index (χ2n) is 5.43. The van der Waals surface area contributed by atoms with Crippen molar-refractivity contribution >= 4 is 12.5 Å². The predicted octanol–water partition coefficient (Wildman–Crippen LogP) is 1.80. The highest BCUT2D eigenvalue weighted by Crippen LogP contribution is 2.14. The highest BCUT2D eigenvalue weighted by atomic mass is 16.5. The van der Waals surface area contributed by atoms with Gasteiger partial charge in [0.1, 0.15) is 42.3 Å². The van der Waals surface area contributed by atoms with Gasteiger partial charge in [0.15, 0.2) is 0 Å². The van der Waals surface area contributed by atoms with Gasteiger partial charge in [-0.15, -0.1) is 0 Å². The van der Waals surface area contributed by atoms with E-state index in [4.69, 9.17) is 25.3 Å². The van der Waals surface area contributed by atoms with Crippen LogP contribution in [0.25, 0.3) is 23.9 Å². The third-order valence-electron chi connectivity index (χ3n) is 3.57. The van der Waals surface area contributed by atoms with Gasteiger partial charge in [0.25, 0.3) is 0 Å². The summed E-state index contributed by atoms with van der Waals surface area (Å²) in [4.78, 5) is 4.64. The molecule has 0 radical (unpaired) electrons. The molecule has 1 aromatic heterocycles. The molecule has 0 aliphatic carbocycles. The Labute approximate surface area is 157 Å². The summed E-state index contributed by atoms with van der Waals surface area (Å²) in [5, 5.41) is 27.5. The normalized spacial score (nSPS) is 11.4. The van der Waals surface area contributed by atoms with Crippen molar-refractivity contribution in [3.63, 3.8) is 0 Å². The van der Waals surface area contributed by atoms with Crippen LogP contribution in [-0.4, -0.2) is 22.8 Å². The van der Waals surface area contributed by atoms with Crippen molar-refractivity contribution in [1.82, 2.24) is 9.55 Å². The van der Waals surface area contributed by atoms with E-state index in [0.29, 0.717) is 29.5 Å². The Bertz CT molecular complexity index is 975. The quantitative estimate of drug-likeness (QED) is 0.630. The molecule has 0 amide bonds. The Morgan fingerprint density at radius 3 is 2.15 bits per heavy atom. The summed E-state index contributed by atoms with van der Waals surface area (Å²) in [6.45, 7) is 0.958. The molecule has 1 heterocycles. The van der Waals surface area contributed by atoms with Gasteiger partial charge in [-0.05, 0) is 0 Å². The molecule has 2 aromatic rings. The van der Waals surface area contributed by atoms with Crippen LogP contribution in [-0.2, 0) is 16.0 Å². The zero-order valence-corrected chi connectivity index (χ0v) is 14.8. The first-order valence-electron chi connectivity index (χ1n) is 8.48. The number of nitriles is 3. The minimum absolute atomic E-state index is 0.259. The molecule has 1 aromatic carbocycles. The molecule has 0 N–H and O–H groups in total. The molecular weight excluding hydrogens is 342 g/mol. The molecular formula is C20H19N5O2. The van der Waals surface area contributed by atoms with Gasteiger partial charge in [-0.3, -0.25) is 0 Å². The van der Waals surface area contributed by atoms with Crippen LogP contribution < -0.4 is 10.7 Å². The molecule has 0 aliphatic rings. The van der Waals surface area contributed by atoms with Crippen molar-refractivity contribution in [1.29, 1.82) is 15.8 Å². The van der Waals surface area contributed by atoms with Crippen molar-refractivity contribution in [3.8, 4) is 29.6 Å². The van der Waals surface area contributed by atoms with Crippen LogP contribution in [0, 0.1) is 34.0 Å². The average molecular weight is 361 g/mol. The fourth-order valence-electron chi connectivity index (χ4n) is 2.38. The molecule has 136 valence electrons. The summed E-state index contributed by atoms with van der Waals surface area (Å²) >= 11 is 0. The summed E-state index contributed by atoms with van der Waals surface area (Å²) in [7, 11) is 0. The lowest BCUT2D eigenvalue weighted by Gasteiger charge is -2.06. The largest absolute Gasteiger partial charge is 0.498 e. The van der Waals surface area contributed by atoms with Crippen molar-refractivity contribution in [2.45, 2.75) is 25.8 Å². The second-order valence-corrected chi connectivity index (χ2v) is 5.43. The van der Waals surface area contributed by atoms with Crippen LogP contribution >= 0.6 is 0 Å². The van der Waals surface area contributed by atoms with Crippen LogP contribution in [0.1, 0.15) is 19.3 Å². The maximum Gasteiger partial charge on any atom is 0.141 e. The predicted molar refractivity (Wildman–Crippen MR) is 98.4 cm³/mol. The summed E-state index contributed by atoms with van der Waals surface area (Å²) < 4.78 is 12.8. The maximum absolute atomic E-state index is 9.01. The zero-order valence-electron chi connectivity index (χ0n) is 14.8. The van der Waals surface area contributed by atoms with E-state index in [1.807, 2.05) is 47.0 Å². The minimum Gasteiger partial charge on any atom is -0.498 e. The Morgan fingerprint density at radius 1 is 0.889 bits per heavy atom. The Hall–Kier alpha value is -3.76. The molecule has 0 unspecified atom stereocenters. The van der Waals surface area contributed by atoms with E-state index in [-0.39, 0.29) is 26.1 Å². The van der Waals surface area contributed by atoms with Gasteiger partial charge in [-0.2, -0.15) is 15.8 Å². The van der Waals surface area contributed by atoms with E-state index < -0.39 is 0 Å². The lowest BCUT2D eigenvalue weighted by Crippen LogP contribution is -2.31. The number of aromatic nitrogens is 2. The highest BCUT2D eigenvalue weighted by molar-refractivity contribution is 5.55. The fourth-order valence-corrected chi connectivity index (χ4v) is 2.38. The van der Waals surface area contributed by atoms with E-state index in [2.05, 4.69) is 11.1 Å². The molecule has 2 rings (SSSR count). The maximum atomic E-state index is 9.01. The Morgan fingerprint density at radius 2 is 1.52 bits per heavy atom. The van der Waals surface area contributed by atoms with E-state index >= 15 is 0 Å². The average Bonchev–Trinajstić information content (AvgIpc) is 3.05. The molecule has 0 saturated heterocycles. The number of imidazole rings is 1. The number of ether oxygens (including phenoxy) is 2. The SMILES string of the molecule is N#CCCOC=c1nc(-c2ccccc2)n(CCC#N)c1=COCCC#N. The van der Waals surface area contributed by atoms with E-state index in [9.17, 15) is 0 Å². The van der Waals surface area contributed by atoms with Gasteiger partial charge >= 0.3 is 0 Å². The minimum atomic E-state index is 0.259. The lowest BCUT2D eigenvalue weighted by molar-refractivity contribution is 0.297. The Balaban J connectivity index is 2.53. The van der Waals surface area contributed by atoms with Crippen LogP contribution in [0.3, 0.4) is 0 Å². The number of benzene rings is 1. The molecule has 0 spiro atoms. The first-order valence-corrected chi connectivity index (χ1v) is 8.48. The van der Waals surface area contributed by atoms with Crippen LogP contribution in [0.4, 0.5) is 0 Å². The monoisotopic (exact) mass is 361 g/mol. The second kappa shape index (κ2) is 11.0. The van der Waals surface area contributed by atoms with Gasteiger partial charge in [0.2, 0.25) is 0 Å². The number of nitrogens with zero attached hydrogens (tertiary/aromatic N) is 5. The lowest BCUT2D eigenvalue weighted by atomic mass is 10.2. The number of rotatable bonds is 9. The molecule has 0 saturated carbocycles. The molecule has 0 atom stereocenters. The topological polar surface area (TPSA) is 108 Å². The van der Waals surface area contributed by atoms with Crippen molar-refractivity contribution < 1.29 is 9.47 Å². The van der Waals surface area contributed by atoms with Crippen molar-refractivity contribution in [3.05, 3.63) is 41.0 Å². The zero-order chi connectivity index (χ0) is 19.3. The summed E-state index contributed by atoms with van der Waals surface area (Å²) in [6, 6.07) is 15.8. The first-order chi connectivity index (χ1) is 13.3. The van der Waals surface area contributed by atoms with E-state index in [1.165, 1.54) is 12.5 Å². The van der Waals surface area contributed by atoms with Crippen molar-refractivity contribution in [2.75, 3.05) is 13.2 Å². The van der Waals surface area contributed by atoms with Gasteiger partial charge in [0, 0.05) is 12.1 Å². The first kappa shape index (κ1) is 19.6. The molecule has 7 nitrogen and oxygen atoms in total. The summed E-state index contributed by atoms with van der Waals surface area (Å²) in [6.07, 6.45) is 3.88. The van der Waals surface area contributed by atoms with Gasteiger partial charge in [-0.1, -0.05) is 30.3 Å². The number of hydrogen-bond acceptors (Lipinski definition) is 6. The summed E-state index contributed by atoms with van der Waals surface area (Å²) in [5.74, 6) is 0.691. The Kier molecular flexibility index (Phi) is 7.95. The smallest absolute Gasteiger partial charge is 0.141 e. The highest BCUT2D eigenvalue weighted by Gasteiger charge is 2.11.